The number of aliphatic hydroxyl groups excluding tert-OH is 1. The maximum Gasteiger partial charge on any atom is 0.306 e. The van der Waals surface area contributed by atoms with Gasteiger partial charge in [-0.25, -0.2) is 0 Å². The molecule has 0 fully saturated rings. The summed E-state index contributed by atoms with van der Waals surface area (Å²) in [6.07, 6.45) is 1.46. The second-order valence-corrected chi connectivity index (χ2v) is 2.17. The molecule has 0 saturated heterocycles. The van der Waals surface area contributed by atoms with Crippen LogP contribution < -0.4 is 0 Å². The average Bonchev–Trinajstić information content (AvgIpc) is 2.35. The Bertz CT molecular complexity index is 227. The topological polar surface area (TPSA) is 70.7 Å². The molecule has 0 amide bonds. The van der Waals surface area contributed by atoms with E-state index in [0.29, 0.717) is 5.56 Å². The van der Waals surface area contributed by atoms with E-state index in [-0.39, 0.29) is 6.42 Å². The standard InChI is InChI=1S/C7H8O4/c8-6(3-7(9)10)5-1-2-11-4-5/h1-2,4,6,8H,3H2,(H,9,10)/t6-/m0/s1. The Morgan fingerprint density at radius 2 is 2.45 bits per heavy atom. The molecule has 0 aliphatic rings. The van der Waals surface area contributed by atoms with Gasteiger partial charge in [-0.15, -0.1) is 0 Å². The summed E-state index contributed by atoms with van der Waals surface area (Å²) in [5.74, 6) is -1.03. The molecule has 0 bridgehead atoms. The third kappa shape index (κ3) is 2.09. The molecule has 1 aromatic rings. The Hall–Kier alpha value is -1.29. The normalized spacial score (nSPS) is 12.8. The number of carbonyl (C=O) groups is 1. The monoisotopic (exact) mass is 156 g/mol. The molecule has 1 atom stereocenters. The van der Waals surface area contributed by atoms with Gasteiger partial charge in [0.1, 0.15) is 0 Å². The number of aliphatic carboxylic acids is 1. The largest absolute Gasteiger partial charge is 0.481 e. The fraction of sp³-hybridized carbons (Fsp3) is 0.286. The fourth-order valence-corrected chi connectivity index (χ4v) is 0.748. The van der Waals surface area contributed by atoms with Gasteiger partial charge in [-0.05, 0) is 6.07 Å². The number of furan rings is 1. The molecule has 0 unspecified atom stereocenters. The Kier molecular flexibility index (Phi) is 2.28. The van der Waals surface area contributed by atoms with E-state index in [1.807, 2.05) is 0 Å². The highest BCUT2D eigenvalue weighted by Gasteiger charge is 2.12. The Balaban J connectivity index is 2.56. The number of hydrogen-bond acceptors (Lipinski definition) is 3. The fourth-order valence-electron chi connectivity index (χ4n) is 0.748. The van der Waals surface area contributed by atoms with Gasteiger partial charge in [0.2, 0.25) is 0 Å². The van der Waals surface area contributed by atoms with Crippen LogP contribution in [0.25, 0.3) is 0 Å². The summed E-state index contributed by atoms with van der Waals surface area (Å²) in [6.45, 7) is 0. The van der Waals surface area contributed by atoms with Crippen LogP contribution in [-0.4, -0.2) is 16.2 Å². The quantitative estimate of drug-likeness (QED) is 0.678. The first-order chi connectivity index (χ1) is 5.20. The summed E-state index contributed by atoms with van der Waals surface area (Å²) in [4.78, 5) is 10.1. The molecule has 0 aliphatic carbocycles. The molecule has 0 radical (unpaired) electrons. The summed E-state index contributed by atoms with van der Waals surface area (Å²) in [6, 6.07) is 1.54. The maximum absolute atomic E-state index is 10.1. The van der Waals surface area contributed by atoms with Crippen molar-refractivity contribution in [3.63, 3.8) is 0 Å². The van der Waals surface area contributed by atoms with Gasteiger partial charge in [0.05, 0.1) is 25.1 Å². The SMILES string of the molecule is O=C(O)C[C@H](O)c1ccoc1. The van der Waals surface area contributed by atoms with Crippen molar-refractivity contribution in [3.8, 4) is 0 Å². The van der Waals surface area contributed by atoms with Crippen molar-refractivity contribution in [2.24, 2.45) is 0 Å². The molecule has 2 N–H and O–H groups in total. The minimum absolute atomic E-state index is 0.292. The van der Waals surface area contributed by atoms with E-state index in [4.69, 9.17) is 10.2 Å². The predicted molar refractivity (Wildman–Crippen MR) is 35.9 cm³/mol. The van der Waals surface area contributed by atoms with Crippen molar-refractivity contribution >= 4 is 5.97 Å². The number of hydrogen-bond donors (Lipinski definition) is 2. The summed E-state index contributed by atoms with van der Waals surface area (Å²) in [5.41, 5.74) is 0.493. The summed E-state index contributed by atoms with van der Waals surface area (Å²) in [5, 5.41) is 17.4. The molecule has 60 valence electrons. The zero-order valence-corrected chi connectivity index (χ0v) is 5.73. The third-order valence-electron chi connectivity index (χ3n) is 1.30. The van der Waals surface area contributed by atoms with Crippen molar-refractivity contribution in [2.75, 3.05) is 0 Å². The van der Waals surface area contributed by atoms with E-state index in [1.165, 1.54) is 18.6 Å². The molecule has 0 aliphatic heterocycles. The lowest BCUT2D eigenvalue weighted by Crippen LogP contribution is -2.03. The van der Waals surface area contributed by atoms with Crippen LogP contribution in [0.4, 0.5) is 0 Å². The minimum atomic E-state index is -1.03. The molecule has 1 aromatic heterocycles. The van der Waals surface area contributed by atoms with Crippen molar-refractivity contribution in [1.82, 2.24) is 0 Å². The van der Waals surface area contributed by atoms with Gasteiger partial charge in [-0.2, -0.15) is 0 Å². The summed E-state index contributed by atoms with van der Waals surface area (Å²) >= 11 is 0. The smallest absolute Gasteiger partial charge is 0.306 e. The first kappa shape index (κ1) is 7.81. The van der Waals surface area contributed by atoms with Crippen LogP contribution in [-0.2, 0) is 4.79 Å². The van der Waals surface area contributed by atoms with Gasteiger partial charge < -0.3 is 14.6 Å². The van der Waals surface area contributed by atoms with Crippen molar-refractivity contribution in [1.29, 1.82) is 0 Å². The molecule has 0 spiro atoms. The van der Waals surface area contributed by atoms with Crippen LogP contribution in [0.3, 0.4) is 0 Å². The number of rotatable bonds is 3. The molecule has 4 nitrogen and oxygen atoms in total. The van der Waals surface area contributed by atoms with Crippen molar-refractivity contribution in [2.45, 2.75) is 12.5 Å². The zero-order valence-electron chi connectivity index (χ0n) is 5.73. The summed E-state index contributed by atoms with van der Waals surface area (Å²) < 4.78 is 4.66. The van der Waals surface area contributed by atoms with Crippen LogP contribution >= 0.6 is 0 Å². The Labute approximate surface area is 63.1 Å². The van der Waals surface area contributed by atoms with E-state index in [2.05, 4.69) is 4.42 Å². The van der Waals surface area contributed by atoms with Gasteiger partial charge in [-0.1, -0.05) is 0 Å². The maximum atomic E-state index is 10.1. The summed E-state index contributed by atoms with van der Waals surface area (Å²) in [7, 11) is 0. The Morgan fingerprint density at radius 3 is 2.91 bits per heavy atom. The lowest BCUT2D eigenvalue weighted by molar-refractivity contribution is -0.139. The second kappa shape index (κ2) is 3.21. The van der Waals surface area contributed by atoms with Crippen LogP contribution in [0.2, 0.25) is 0 Å². The number of aliphatic hydroxyl groups is 1. The van der Waals surface area contributed by atoms with Gasteiger partial charge in [0, 0.05) is 5.56 Å². The highest BCUT2D eigenvalue weighted by atomic mass is 16.4. The average molecular weight is 156 g/mol. The molecule has 1 rings (SSSR count). The minimum Gasteiger partial charge on any atom is -0.481 e. The molecule has 0 saturated carbocycles. The van der Waals surface area contributed by atoms with Crippen LogP contribution in [0.5, 0.6) is 0 Å². The highest BCUT2D eigenvalue weighted by Crippen LogP contribution is 2.15. The first-order valence-corrected chi connectivity index (χ1v) is 3.12. The molecule has 11 heavy (non-hydrogen) atoms. The van der Waals surface area contributed by atoms with Crippen molar-refractivity contribution in [3.05, 3.63) is 24.2 Å². The molecular formula is C7H8O4. The van der Waals surface area contributed by atoms with E-state index in [0.717, 1.165) is 0 Å². The lowest BCUT2D eigenvalue weighted by atomic mass is 10.1. The highest BCUT2D eigenvalue weighted by molar-refractivity contribution is 5.67. The van der Waals surface area contributed by atoms with Crippen LogP contribution in [0, 0.1) is 0 Å². The molecular weight excluding hydrogens is 148 g/mol. The third-order valence-corrected chi connectivity index (χ3v) is 1.30. The van der Waals surface area contributed by atoms with Crippen LogP contribution in [0.15, 0.2) is 23.0 Å². The lowest BCUT2D eigenvalue weighted by Gasteiger charge is -2.02. The Morgan fingerprint density at radius 1 is 1.73 bits per heavy atom. The van der Waals surface area contributed by atoms with E-state index in [1.54, 1.807) is 0 Å². The van der Waals surface area contributed by atoms with Gasteiger partial charge in [-0.3, -0.25) is 4.79 Å². The predicted octanol–water partition coefficient (Wildman–Crippen LogP) is 0.788. The van der Waals surface area contributed by atoms with E-state index < -0.39 is 12.1 Å². The van der Waals surface area contributed by atoms with Gasteiger partial charge in [0.15, 0.2) is 0 Å². The molecule has 0 aromatic carbocycles. The van der Waals surface area contributed by atoms with Gasteiger partial charge in [0.25, 0.3) is 0 Å². The molecule has 4 heteroatoms. The van der Waals surface area contributed by atoms with E-state index in [9.17, 15) is 4.79 Å². The van der Waals surface area contributed by atoms with Gasteiger partial charge >= 0.3 is 5.97 Å². The number of carboxylic acids is 1. The number of carboxylic acid groups (broad SMARTS) is 1. The second-order valence-electron chi connectivity index (χ2n) is 2.17. The molecule has 1 heterocycles. The van der Waals surface area contributed by atoms with Crippen molar-refractivity contribution < 1.29 is 19.4 Å². The van der Waals surface area contributed by atoms with Crippen LogP contribution in [0.1, 0.15) is 18.1 Å². The zero-order chi connectivity index (χ0) is 8.27. The first-order valence-electron chi connectivity index (χ1n) is 3.12. The van der Waals surface area contributed by atoms with E-state index >= 15 is 0 Å².